The Morgan fingerprint density at radius 3 is 2.59 bits per heavy atom. The van der Waals surface area contributed by atoms with Gasteiger partial charge in [-0.25, -0.2) is 4.79 Å². The maximum absolute atomic E-state index is 12.2. The van der Waals surface area contributed by atoms with Gasteiger partial charge in [-0.15, -0.1) is 0 Å². The molecule has 0 unspecified atom stereocenters. The SMILES string of the molecule is CCOC(=O)C1CCN(C(=O)COC(=O)CCn2c(=O)oc3ccccc32)CC1. The van der Waals surface area contributed by atoms with Crippen LogP contribution in [-0.4, -0.2) is 53.6 Å². The first-order valence-electron chi connectivity index (χ1n) is 9.68. The summed E-state index contributed by atoms with van der Waals surface area (Å²) in [7, 11) is 0. The summed E-state index contributed by atoms with van der Waals surface area (Å²) < 4.78 is 16.5. The minimum absolute atomic E-state index is 0.0539. The van der Waals surface area contributed by atoms with E-state index in [1.54, 1.807) is 36.1 Å². The lowest BCUT2D eigenvalue weighted by Gasteiger charge is -2.30. The lowest BCUT2D eigenvalue weighted by atomic mass is 9.97. The summed E-state index contributed by atoms with van der Waals surface area (Å²) in [4.78, 5) is 49.4. The number of carbonyl (C=O) groups is 3. The number of aromatic nitrogens is 1. The normalized spacial score (nSPS) is 14.7. The molecule has 2 aromatic rings. The maximum atomic E-state index is 12.2. The molecule has 0 aliphatic carbocycles. The number of carbonyl (C=O) groups excluding carboxylic acids is 3. The van der Waals surface area contributed by atoms with E-state index in [-0.39, 0.29) is 37.4 Å². The smallest absolute Gasteiger partial charge is 0.419 e. The summed E-state index contributed by atoms with van der Waals surface area (Å²) in [5, 5.41) is 0. The van der Waals surface area contributed by atoms with Crippen molar-refractivity contribution in [3.63, 3.8) is 0 Å². The molecule has 9 heteroatoms. The molecule has 0 N–H and O–H groups in total. The topological polar surface area (TPSA) is 108 Å². The van der Waals surface area contributed by atoms with Gasteiger partial charge in [0.25, 0.3) is 5.91 Å². The molecule has 156 valence electrons. The number of hydrogen-bond acceptors (Lipinski definition) is 7. The Morgan fingerprint density at radius 1 is 1.14 bits per heavy atom. The van der Waals surface area contributed by atoms with Crippen molar-refractivity contribution in [2.75, 3.05) is 26.3 Å². The number of benzene rings is 1. The Balaban J connectivity index is 1.43. The predicted molar refractivity (Wildman–Crippen MR) is 102 cm³/mol. The third-order valence-corrected chi connectivity index (χ3v) is 4.94. The first-order chi connectivity index (χ1) is 14.0. The van der Waals surface area contributed by atoms with Crippen molar-refractivity contribution in [3.8, 4) is 0 Å². The number of esters is 2. The van der Waals surface area contributed by atoms with E-state index in [1.165, 1.54) is 4.57 Å². The molecule has 0 atom stereocenters. The van der Waals surface area contributed by atoms with Crippen molar-refractivity contribution < 1.29 is 28.3 Å². The van der Waals surface area contributed by atoms with Gasteiger partial charge >= 0.3 is 17.7 Å². The predicted octanol–water partition coefficient (Wildman–Crippen LogP) is 1.33. The van der Waals surface area contributed by atoms with E-state index in [0.29, 0.717) is 43.6 Å². The van der Waals surface area contributed by atoms with Crippen LogP contribution < -0.4 is 5.76 Å². The molecule has 1 fully saturated rings. The number of amides is 1. The van der Waals surface area contributed by atoms with Crippen LogP contribution in [0.3, 0.4) is 0 Å². The number of aryl methyl sites for hydroxylation is 1. The van der Waals surface area contributed by atoms with Crippen LogP contribution in [0.15, 0.2) is 33.5 Å². The third-order valence-electron chi connectivity index (χ3n) is 4.94. The van der Waals surface area contributed by atoms with E-state index in [9.17, 15) is 19.2 Å². The van der Waals surface area contributed by atoms with Gasteiger partial charge in [-0.2, -0.15) is 0 Å². The number of likely N-dealkylation sites (tertiary alicyclic amines) is 1. The number of piperidine rings is 1. The maximum Gasteiger partial charge on any atom is 0.419 e. The number of para-hydroxylation sites is 2. The molecule has 9 nitrogen and oxygen atoms in total. The number of ether oxygens (including phenoxy) is 2. The summed E-state index contributed by atoms with van der Waals surface area (Å²) >= 11 is 0. The van der Waals surface area contributed by atoms with Crippen LogP contribution in [0.1, 0.15) is 26.2 Å². The third kappa shape index (κ3) is 5.04. The van der Waals surface area contributed by atoms with Crippen LogP contribution in [0.4, 0.5) is 0 Å². The molecular formula is C20H24N2O7. The average molecular weight is 404 g/mol. The number of oxazole rings is 1. The molecule has 0 saturated carbocycles. The molecule has 1 aliphatic rings. The Kier molecular flexibility index (Phi) is 6.69. The van der Waals surface area contributed by atoms with Gasteiger partial charge in [0.2, 0.25) is 0 Å². The fourth-order valence-corrected chi connectivity index (χ4v) is 3.36. The fraction of sp³-hybridized carbons (Fsp3) is 0.500. The number of nitrogens with zero attached hydrogens (tertiary/aromatic N) is 2. The second kappa shape index (κ2) is 9.40. The zero-order valence-corrected chi connectivity index (χ0v) is 16.3. The van der Waals surface area contributed by atoms with Crippen LogP contribution in [0.2, 0.25) is 0 Å². The largest absolute Gasteiger partial charge is 0.466 e. The lowest BCUT2D eigenvalue weighted by molar-refractivity contribution is -0.154. The Labute approximate surface area is 167 Å². The number of rotatable bonds is 7. The van der Waals surface area contributed by atoms with Crippen LogP contribution in [0.5, 0.6) is 0 Å². The molecule has 29 heavy (non-hydrogen) atoms. The first-order valence-corrected chi connectivity index (χ1v) is 9.68. The summed E-state index contributed by atoms with van der Waals surface area (Å²) in [6.07, 6.45) is 1.02. The van der Waals surface area contributed by atoms with Crippen LogP contribution in [-0.2, 0) is 30.4 Å². The molecule has 1 amide bonds. The lowest BCUT2D eigenvalue weighted by Crippen LogP contribution is -2.42. The van der Waals surface area contributed by atoms with Crippen molar-refractivity contribution in [2.45, 2.75) is 32.7 Å². The van der Waals surface area contributed by atoms with E-state index in [1.807, 2.05) is 0 Å². The summed E-state index contributed by atoms with van der Waals surface area (Å²) in [6.45, 7) is 2.70. The zero-order valence-electron chi connectivity index (χ0n) is 16.3. The van der Waals surface area contributed by atoms with Gasteiger partial charge in [0.05, 0.1) is 24.5 Å². The van der Waals surface area contributed by atoms with Crippen molar-refractivity contribution >= 4 is 28.9 Å². The monoisotopic (exact) mass is 404 g/mol. The van der Waals surface area contributed by atoms with Gasteiger partial charge in [-0.05, 0) is 31.9 Å². The highest BCUT2D eigenvalue weighted by molar-refractivity contribution is 5.81. The van der Waals surface area contributed by atoms with Crippen molar-refractivity contribution in [3.05, 3.63) is 34.8 Å². The summed E-state index contributed by atoms with van der Waals surface area (Å²) in [6, 6.07) is 6.94. The second-order valence-electron chi connectivity index (χ2n) is 6.81. The average Bonchev–Trinajstić information content (AvgIpc) is 3.05. The minimum Gasteiger partial charge on any atom is -0.466 e. The number of fused-ring (bicyclic) bond motifs is 1. The Hall–Kier alpha value is -3.10. The van der Waals surface area contributed by atoms with E-state index in [2.05, 4.69) is 0 Å². The van der Waals surface area contributed by atoms with Crippen molar-refractivity contribution in [1.82, 2.24) is 9.47 Å². The van der Waals surface area contributed by atoms with Crippen LogP contribution in [0.25, 0.3) is 11.1 Å². The highest BCUT2D eigenvalue weighted by atomic mass is 16.5. The molecule has 0 spiro atoms. The van der Waals surface area contributed by atoms with Crippen molar-refractivity contribution in [2.24, 2.45) is 5.92 Å². The second-order valence-corrected chi connectivity index (χ2v) is 6.81. The molecule has 2 heterocycles. The van der Waals surface area contributed by atoms with Gasteiger partial charge in [0.15, 0.2) is 12.2 Å². The first kappa shape index (κ1) is 20.6. The van der Waals surface area contributed by atoms with E-state index in [0.717, 1.165) is 0 Å². The molecular weight excluding hydrogens is 380 g/mol. The van der Waals surface area contributed by atoms with E-state index < -0.39 is 11.7 Å². The zero-order chi connectivity index (χ0) is 20.8. The molecule has 1 aromatic heterocycles. The van der Waals surface area contributed by atoms with Crippen molar-refractivity contribution in [1.29, 1.82) is 0 Å². The fourth-order valence-electron chi connectivity index (χ4n) is 3.36. The molecule has 3 rings (SSSR count). The summed E-state index contributed by atoms with van der Waals surface area (Å²) in [5.41, 5.74) is 1.05. The van der Waals surface area contributed by atoms with Gasteiger partial charge in [-0.3, -0.25) is 19.0 Å². The highest BCUT2D eigenvalue weighted by Gasteiger charge is 2.28. The molecule has 1 aromatic carbocycles. The highest BCUT2D eigenvalue weighted by Crippen LogP contribution is 2.19. The number of hydrogen-bond donors (Lipinski definition) is 0. The quantitative estimate of drug-likeness (QED) is 0.641. The van der Waals surface area contributed by atoms with Gasteiger partial charge in [0, 0.05) is 19.6 Å². The standard InChI is InChI=1S/C20H24N2O7/c1-2-27-19(25)14-7-10-21(11-8-14)17(23)13-28-18(24)9-12-22-15-5-3-4-6-16(15)29-20(22)26/h3-6,14H,2,7-13H2,1H3. The molecule has 0 bridgehead atoms. The van der Waals surface area contributed by atoms with Gasteiger partial charge in [-0.1, -0.05) is 12.1 Å². The Bertz CT molecular complexity index is 938. The minimum atomic E-state index is -0.572. The van der Waals surface area contributed by atoms with Crippen LogP contribution >= 0.6 is 0 Å². The Morgan fingerprint density at radius 2 is 1.86 bits per heavy atom. The van der Waals surface area contributed by atoms with E-state index >= 15 is 0 Å². The molecule has 1 aliphatic heterocycles. The van der Waals surface area contributed by atoms with E-state index in [4.69, 9.17) is 13.9 Å². The summed E-state index contributed by atoms with van der Waals surface area (Å²) in [5.74, 6) is -1.83. The molecule has 0 radical (unpaired) electrons. The van der Waals surface area contributed by atoms with Gasteiger partial charge in [0.1, 0.15) is 0 Å². The molecule has 1 saturated heterocycles. The van der Waals surface area contributed by atoms with Crippen LogP contribution in [0, 0.1) is 5.92 Å². The van der Waals surface area contributed by atoms with Gasteiger partial charge < -0.3 is 18.8 Å².